The molecular weight excluding hydrogens is 345 g/mol. The number of alkyl halides is 3. The van der Waals surface area contributed by atoms with Crippen LogP contribution in [0.2, 0.25) is 0 Å². The van der Waals surface area contributed by atoms with Crippen LogP contribution in [0.15, 0.2) is 36.5 Å². The van der Waals surface area contributed by atoms with E-state index in [9.17, 15) is 18.0 Å². The molecule has 5 nitrogen and oxygen atoms in total. The number of benzene rings is 1. The number of nitrogens with two attached hydrogens (primary N) is 1. The molecule has 8 heteroatoms. The fourth-order valence-corrected chi connectivity index (χ4v) is 2.89. The van der Waals surface area contributed by atoms with E-state index in [1.54, 1.807) is 6.20 Å². The lowest BCUT2D eigenvalue weighted by molar-refractivity contribution is -0.137. The molecule has 0 aliphatic heterocycles. The number of nitrogens with one attached hydrogen (secondary N) is 1. The van der Waals surface area contributed by atoms with Gasteiger partial charge >= 0.3 is 6.18 Å². The third-order valence-corrected chi connectivity index (χ3v) is 4.16. The molecule has 0 fully saturated rings. The number of carbonyl (C=O) groups excluding carboxylic acids is 1. The molecule has 0 bridgehead atoms. The standard InChI is InChI=1S/C18H17F3N4O/c19-18(20,21)13-3-1-2-11(8-13)4-7-16(26)24-14-5-6-15-12(9-14)10-23-17(22)25-15/h1-4,7-8,10,14H,5-6,9H2,(H,24,26)(H2,22,23,25). The average molecular weight is 362 g/mol. The van der Waals surface area contributed by atoms with E-state index in [2.05, 4.69) is 15.3 Å². The van der Waals surface area contributed by atoms with Gasteiger partial charge in [0.15, 0.2) is 0 Å². The van der Waals surface area contributed by atoms with Gasteiger partial charge in [0, 0.05) is 24.0 Å². The van der Waals surface area contributed by atoms with Crippen LogP contribution in [-0.2, 0) is 23.8 Å². The molecule has 2 aromatic rings. The molecule has 26 heavy (non-hydrogen) atoms. The highest BCUT2D eigenvalue weighted by molar-refractivity contribution is 5.92. The first-order valence-corrected chi connectivity index (χ1v) is 8.07. The summed E-state index contributed by atoms with van der Waals surface area (Å²) in [5, 5.41) is 2.85. The molecule has 3 rings (SSSR count). The number of fused-ring (bicyclic) bond motifs is 1. The number of amides is 1. The summed E-state index contributed by atoms with van der Waals surface area (Å²) in [7, 11) is 0. The van der Waals surface area contributed by atoms with Crippen molar-refractivity contribution in [2.45, 2.75) is 31.5 Å². The van der Waals surface area contributed by atoms with Crippen molar-refractivity contribution in [2.24, 2.45) is 0 Å². The fraction of sp³-hybridized carbons (Fsp3) is 0.278. The van der Waals surface area contributed by atoms with Gasteiger partial charge < -0.3 is 11.1 Å². The highest BCUT2D eigenvalue weighted by atomic mass is 19.4. The molecule has 1 aliphatic rings. The van der Waals surface area contributed by atoms with Crippen molar-refractivity contribution in [3.63, 3.8) is 0 Å². The molecule has 1 atom stereocenters. The number of nitrogen functional groups attached to an aromatic ring is 1. The Labute approximate surface area is 148 Å². The van der Waals surface area contributed by atoms with Gasteiger partial charge in [-0.25, -0.2) is 9.97 Å². The number of halogens is 3. The van der Waals surface area contributed by atoms with Gasteiger partial charge in [0.05, 0.1) is 5.56 Å². The van der Waals surface area contributed by atoms with Crippen molar-refractivity contribution >= 4 is 17.9 Å². The second-order valence-electron chi connectivity index (χ2n) is 6.10. The van der Waals surface area contributed by atoms with Crippen LogP contribution in [-0.4, -0.2) is 21.9 Å². The number of aromatic nitrogens is 2. The molecule has 1 aromatic carbocycles. The van der Waals surface area contributed by atoms with Crippen LogP contribution in [0.1, 0.15) is 28.8 Å². The SMILES string of the molecule is Nc1ncc2c(n1)CCC(NC(=O)C=Cc1cccc(C(F)(F)F)c1)C2. The molecule has 0 saturated heterocycles. The lowest BCUT2D eigenvalue weighted by Crippen LogP contribution is -2.38. The summed E-state index contributed by atoms with van der Waals surface area (Å²) >= 11 is 0. The maximum absolute atomic E-state index is 12.7. The van der Waals surface area contributed by atoms with E-state index in [-0.39, 0.29) is 17.9 Å². The van der Waals surface area contributed by atoms with E-state index in [4.69, 9.17) is 5.73 Å². The number of anilines is 1. The zero-order chi connectivity index (χ0) is 18.7. The molecular formula is C18H17F3N4O. The minimum Gasteiger partial charge on any atom is -0.368 e. The van der Waals surface area contributed by atoms with Gasteiger partial charge in [0.25, 0.3) is 0 Å². The monoisotopic (exact) mass is 362 g/mol. The maximum Gasteiger partial charge on any atom is 0.416 e. The van der Waals surface area contributed by atoms with E-state index in [1.807, 2.05) is 0 Å². The first kappa shape index (κ1) is 17.9. The van der Waals surface area contributed by atoms with Gasteiger partial charge in [-0.2, -0.15) is 13.2 Å². The summed E-state index contributed by atoms with van der Waals surface area (Å²) in [6.07, 6.45) is 1.85. The van der Waals surface area contributed by atoms with Crippen molar-refractivity contribution in [1.82, 2.24) is 15.3 Å². The quantitative estimate of drug-likeness (QED) is 0.823. The molecule has 0 radical (unpaired) electrons. The summed E-state index contributed by atoms with van der Waals surface area (Å²) < 4.78 is 38.1. The van der Waals surface area contributed by atoms with Gasteiger partial charge in [-0.3, -0.25) is 4.79 Å². The summed E-state index contributed by atoms with van der Waals surface area (Å²) in [6, 6.07) is 4.74. The van der Waals surface area contributed by atoms with Crippen molar-refractivity contribution in [3.05, 3.63) is 58.9 Å². The maximum atomic E-state index is 12.7. The predicted octanol–water partition coefficient (Wildman–Crippen LogP) is 2.76. The van der Waals surface area contributed by atoms with E-state index >= 15 is 0 Å². The first-order chi connectivity index (χ1) is 12.3. The van der Waals surface area contributed by atoms with Crippen molar-refractivity contribution in [3.8, 4) is 0 Å². The smallest absolute Gasteiger partial charge is 0.368 e. The highest BCUT2D eigenvalue weighted by Gasteiger charge is 2.30. The predicted molar refractivity (Wildman–Crippen MR) is 90.9 cm³/mol. The number of hydrogen-bond donors (Lipinski definition) is 2. The summed E-state index contributed by atoms with van der Waals surface area (Å²) in [5.74, 6) is -0.123. The third kappa shape index (κ3) is 4.38. The number of rotatable bonds is 3. The minimum atomic E-state index is -4.41. The van der Waals surface area contributed by atoms with Crippen LogP contribution < -0.4 is 11.1 Å². The van der Waals surface area contributed by atoms with Crippen LogP contribution in [0, 0.1) is 0 Å². The summed E-state index contributed by atoms with van der Waals surface area (Å²) in [6.45, 7) is 0. The molecule has 136 valence electrons. The minimum absolute atomic E-state index is 0.0756. The summed E-state index contributed by atoms with van der Waals surface area (Å²) in [5.41, 5.74) is 6.96. The van der Waals surface area contributed by atoms with Crippen molar-refractivity contribution < 1.29 is 18.0 Å². The van der Waals surface area contributed by atoms with E-state index in [0.29, 0.717) is 24.8 Å². The Morgan fingerprint density at radius 1 is 1.35 bits per heavy atom. The Hall–Kier alpha value is -2.90. The molecule has 1 aliphatic carbocycles. The molecule has 1 unspecified atom stereocenters. The highest BCUT2D eigenvalue weighted by Crippen LogP contribution is 2.29. The molecule has 1 amide bonds. The van der Waals surface area contributed by atoms with E-state index < -0.39 is 11.7 Å². The average Bonchev–Trinajstić information content (AvgIpc) is 2.60. The molecule has 0 saturated carbocycles. The fourth-order valence-electron chi connectivity index (χ4n) is 2.89. The second kappa shape index (κ2) is 7.15. The third-order valence-electron chi connectivity index (χ3n) is 4.16. The second-order valence-corrected chi connectivity index (χ2v) is 6.10. The lowest BCUT2D eigenvalue weighted by Gasteiger charge is -2.24. The number of carbonyl (C=O) groups is 1. The van der Waals surface area contributed by atoms with Crippen LogP contribution >= 0.6 is 0 Å². The van der Waals surface area contributed by atoms with Crippen molar-refractivity contribution in [2.75, 3.05) is 5.73 Å². The van der Waals surface area contributed by atoms with Crippen LogP contribution in [0.5, 0.6) is 0 Å². The van der Waals surface area contributed by atoms with Gasteiger partial charge in [0.2, 0.25) is 11.9 Å². The van der Waals surface area contributed by atoms with Gasteiger partial charge in [0.1, 0.15) is 0 Å². The Morgan fingerprint density at radius 2 is 2.15 bits per heavy atom. The lowest BCUT2D eigenvalue weighted by atomic mass is 9.93. The first-order valence-electron chi connectivity index (χ1n) is 8.07. The molecule has 1 heterocycles. The Bertz CT molecular complexity index is 849. The zero-order valence-corrected chi connectivity index (χ0v) is 13.8. The van der Waals surface area contributed by atoms with Gasteiger partial charge in [-0.15, -0.1) is 0 Å². The van der Waals surface area contributed by atoms with Crippen LogP contribution in [0.25, 0.3) is 6.08 Å². The number of aryl methyl sites for hydroxylation is 1. The molecule has 3 N–H and O–H groups in total. The normalized spacial score (nSPS) is 17.1. The Balaban J connectivity index is 1.61. The van der Waals surface area contributed by atoms with Crippen LogP contribution in [0.4, 0.5) is 19.1 Å². The van der Waals surface area contributed by atoms with Crippen molar-refractivity contribution in [1.29, 1.82) is 0 Å². The Morgan fingerprint density at radius 3 is 2.92 bits per heavy atom. The largest absolute Gasteiger partial charge is 0.416 e. The summed E-state index contributed by atoms with van der Waals surface area (Å²) in [4.78, 5) is 20.2. The van der Waals surface area contributed by atoms with Crippen LogP contribution in [0.3, 0.4) is 0 Å². The molecule has 1 aromatic heterocycles. The number of hydrogen-bond acceptors (Lipinski definition) is 4. The van der Waals surface area contributed by atoms with E-state index in [0.717, 1.165) is 23.4 Å². The zero-order valence-electron chi connectivity index (χ0n) is 13.8. The van der Waals surface area contributed by atoms with Gasteiger partial charge in [-0.1, -0.05) is 12.1 Å². The van der Waals surface area contributed by atoms with E-state index in [1.165, 1.54) is 24.3 Å². The number of nitrogens with zero attached hydrogens (tertiary/aromatic N) is 2. The Kier molecular flexibility index (Phi) is 4.92. The topological polar surface area (TPSA) is 80.9 Å². The molecule has 0 spiro atoms. The van der Waals surface area contributed by atoms with Gasteiger partial charge in [-0.05, 0) is 48.6 Å².